The summed E-state index contributed by atoms with van der Waals surface area (Å²) in [5, 5.41) is 5.27. The number of sulfonamides is 1. The smallest absolute Gasteiger partial charge is 0.271 e. The fraction of sp³-hybridized carbons (Fsp3) is 0.150. The minimum absolute atomic E-state index is 0.197. The second-order valence-corrected chi connectivity index (χ2v) is 9.40. The van der Waals surface area contributed by atoms with Crippen molar-refractivity contribution in [2.75, 3.05) is 4.72 Å². The summed E-state index contributed by atoms with van der Waals surface area (Å²) in [6, 6.07) is 16.8. The molecule has 0 radical (unpaired) electrons. The van der Waals surface area contributed by atoms with Crippen LogP contribution in [0.25, 0.3) is 0 Å². The van der Waals surface area contributed by atoms with Gasteiger partial charge in [-0.1, -0.05) is 42.8 Å². The number of nitrogens with one attached hydrogen (secondary N) is 2. The quantitative estimate of drug-likeness (QED) is 0.544. The Kier molecular flexibility index (Phi) is 6.39. The van der Waals surface area contributed by atoms with E-state index in [2.05, 4.69) is 10.0 Å². The highest BCUT2D eigenvalue weighted by Gasteiger charge is 2.18. The summed E-state index contributed by atoms with van der Waals surface area (Å²) in [5.74, 6) is -0.288. The number of carbonyl (C=O) groups excluding carboxylic acids is 1. The van der Waals surface area contributed by atoms with Crippen LogP contribution in [0.5, 0.6) is 0 Å². The molecule has 0 aliphatic heterocycles. The van der Waals surface area contributed by atoms with Crippen LogP contribution in [-0.4, -0.2) is 14.3 Å². The monoisotopic (exact) mass is 434 g/mol. The van der Waals surface area contributed by atoms with E-state index in [0.717, 1.165) is 16.9 Å². The third-order valence-corrected chi connectivity index (χ3v) is 7.12. The lowest BCUT2D eigenvalue weighted by Gasteiger charge is -2.18. The van der Waals surface area contributed by atoms with Crippen LogP contribution in [0.4, 0.5) is 5.69 Å². The molecule has 1 amide bonds. The highest BCUT2D eigenvalue weighted by Crippen LogP contribution is 2.23. The first kappa shape index (κ1) is 20.4. The summed E-state index contributed by atoms with van der Waals surface area (Å²) >= 11 is 7.18. The van der Waals surface area contributed by atoms with Gasteiger partial charge in [-0.3, -0.25) is 9.52 Å². The number of rotatable bonds is 7. The molecule has 3 aromatic rings. The van der Waals surface area contributed by atoms with Crippen molar-refractivity contribution in [1.82, 2.24) is 5.32 Å². The van der Waals surface area contributed by atoms with Gasteiger partial charge in [-0.25, -0.2) is 8.42 Å². The van der Waals surface area contributed by atoms with Gasteiger partial charge in [0.05, 0.1) is 6.04 Å². The van der Waals surface area contributed by atoms with E-state index < -0.39 is 10.0 Å². The van der Waals surface area contributed by atoms with E-state index in [1.54, 1.807) is 35.7 Å². The maximum absolute atomic E-state index is 12.7. The minimum atomic E-state index is -3.67. The zero-order valence-electron chi connectivity index (χ0n) is 15.1. The standard InChI is InChI=1S/C20H19ClN2O3S2/c1-2-18(14-6-3-8-16(21)12-14)22-20(24)15-7-4-9-17(13-15)23-28(25,26)19-10-5-11-27-19/h3-13,18,23H,2H2,1H3,(H,22,24). The Morgan fingerprint density at radius 2 is 1.89 bits per heavy atom. The zero-order chi connectivity index (χ0) is 20.1. The SMILES string of the molecule is CCC(NC(=O)c1cccc(NS(=O)(=O)c2cccs2)c1)c1cccc(Cl)c1. The van der Waals surface area contributed by atoms with Crippen LogP contribution in [-0.2, 0) is 10.0 Å². The molecule has 2 N–H and O–H groups in total. The molecule has 1 unspecified atom stereocenters. The summed E-state index contributed by atoms with van der Waals surface area (Å²) in [5.41, 5.74) is 1.61. The Bertz CT molecular complexity index is 1070. The highest BCUT2D eigenvalue weighted by molar-refractivity contribution is 7.94. The highest BCUT2D eigenvalue weighted by atomic mass is 35.5. The second kappa shape index (κ2) is 8.77. The molecule has 1 heterocycles. The van der Waals surface area contributed by atoms with Gasteiger partial charge >= 0.3 is 0 Å². The first-order valence-corrected chi connectivity index (χ1v) is 11.4. The van der Waals surface area contributed by atoms with Crippen LogP contribution >= 0.6 is 22.9 Å². The molecule has 0 aliphatic carbocycles. The van der Waals surface area contributed by atoms with Crippen molar-refractivity contribution in [2.45, 2.75) is 23.6 Å². The van der Waals surface area contributed by atoms with Crippen molar-refractivity contribution >= 4 is 44.6 Å². The van der Waals surface area contributed by atoms with Gasteiger partial charge in [0, 0.05) is 16.3 Å². The van der Waals surface area contributed by atoms with E-state index in [9.17, 15) is 13.2 Å². The van der Waals surface area contributed by atoms with Gasteiger partial charge in [0.2, 0.25) is 0 Å². The van der Waals surface area contributed by atoms with Crippen LogP contribution in [0.15, 0.2) is 70.3 Å². The predicted molar refractivity (Wildman–Crippen MR) is 114 cm³/mol. The molecule has 0 bridgehead atoms. The first-order valence-electron chi connectivity index (χ1n) is 8.62. The first-order chi connectivity index (χ1) is 13.4. The van der Waals surface area contributed by atoms with Gasteiger partial charge < -0.3 is 5.32 Å². The van der Waals surface area contributed by atoms with E-state index in [1.807, 2.05) is 25.1 Å². The lowest BCUT2D eigenvalue weighted by atomic mass is 10.0. The second-order valence-electron chi connectivity index (χ2n) is 6.11. The third-order valence-electron chi connectivity index (χ3n) is 4.10. The summed E-state index contributed by atoms with van der Waals surface area (Å²) < 4.78 is 27.5. The molecule has 28 heavy (non-hydrogen) atoms. The van der Waals surface area contributed by atoms with E-state index in [4.69, 9.17) is 11.6 Å². The summed E-state index contributed by atoms with van der Waals surface area (Å²) in [6.07, 6.45) is 0.691. The van der Waals surface area contributed by atoms with Gasteiger partial charge in [0.15, 0.2) is 0 Å². The minimum Gasteiger partial charge on any atom is -0.345 e. The van der Waals surface area contributed by atoms with Crippen molar-refractivity contribution in [3.63, 3.8) is 0 Å². The Labute approximate surface area is 173 Å². The summed E-state index contributed by atoms with van der Waals surface area (Å²) in [7, 11) is -3.67. The van der Waals surface area contributed by atoms with Gasteiger partial charge in [0.25, 0.3) is 15.9 Å². The van der Waals surface area contributed by atoms with Gasteiger partial charge in [-0.2, -0.15) is 0 Å². The molecular formula is C20H19ClN2O3S2. The largest absolute Gasteiger partial charge is 0.345 e. The number of hydrogen-bond acceptors (Lipinski definition) is 4. The molecule has 3 rings (SSSR count). The number of amides is 1. The lowest BCUT2D eigenvalue weighted by molar-refractivity contribution is 0.0935. The average molecular weight is 435 g/mol. The topological polar surface area (TPSA) is 75.3 Å². The van der Waals surface area contributed by atoms with E-state index in [-0.39, 0.29) is 16.2 Å². The molecule has 0 spiro atoms. The van der Waals surface area contributed by atoms with Gasteiger partial charge in [-0.05, 0) is 53.8 Å². The van der Waals surface area contributed by atoms with Gasteiger partial charge in [0.1, 0.15) is 4.21 Å². The van der Waals surface area contributed by atoms with Crippen LogP contribution in [0.1, 0.15) is 35.3 Å². The van der Waals surface area contributed by atoms with E-state index in [0.29, 0.717) is 22.7 Å². The molecule has 0 fully saturated rings. The van der Waals surface area contributed by atoms with Crippen molar-refractivity contribution in [2.24, 2.45) is 0 Å². The van der Waals surface area contributed by atoms with Crippen LogP contribution < -0.4 is 10.0 Å². The molecule has 8 heteroatoms. The molecule has 0 saturated carbocycles. The third kappa shape index (κ3) is 4.92. The van der Waals surface area contributed by atoms with Crippen LogP contribution in [0.2, 0.25) is 5.02 Å². The fourth-order valence-electron chi connectivity index (χ4n) is 2.73. The maximum atomic E-state index is 12.7. The molecule has 0 saturated heterocycles. The molecule has 2 aromatic carbocycles. The zero-order valence-corrected chi connectivity index (χ0v) is 17.4. The van der Waals surface area contributed by atoms with Crippen molar-refractivity contribution in [1.29, 1.82) is 0 Å². The van der Waals surface area contributed by atoms with Crippen LogP contribution in [0.3, 0.4) is 0 Å². The normalized spacial score (nSPS) is 12.4. The number of carbonyl (C=O) groups is 1. The van der Waals surface area contributed by atoms with E-state index in [1.165, 1.54) is 12.1 Å². The molecular weight excluding hydrogens is 416 g/mol. The van der Waals surface area contributed by atoms with Gasteiger partial charge in [-0.15, -0.1) is 11.3 Å². The number of thiophene rings is 1. The molecule has 1 aromatic heterocycles. The number of benzene rings is 2. The maximum Gasteiger partial charge on any atom is 0.271 e. The Morgan fingerprint density at radius 3 is 2.57 bits per heavy atom. The number of hydrogen-bond donors (Lipinski definition) is 2. The Balaban J connectivity index is 1.76. The summed E-state index contributed by atoms with van der Waals surface area (Å²) in [6.45, 7) is 1.97. The van der Waals surface area contributed by atoms with Crippen molar-refractivity contribution in [3.8, 4) is 0 Å². The van der Waals surface area contributed by atoms with Crippen molar-refractivity contribution in [3.05, 3.63) is 82.2 Å². The van der Waals surface area contributed by atoms with E-state index >= 15 is 0 Å². The van der Waals surface area contributed by atoms with Crippen LogP contribution in [0, 0.1) is 0 Å². The van der Waals surface area contributed by atoms with Crippen molar-refractivity contribution < 1.29 is 13.2 Å². The lowest BCUT2D eigenvalue weighted by Crippen LogP contribution is -2.28. The predicted octanol–water partition coefficient (Wildman–Crippen LogP) is 5.08. The Hall–Kier alpha value is -2.35. The molecule has 0 aliphatic rings. The average Bonchev–Trinajstić information content (AvgIpc) is 3.21. The number of anilines is 1. The molecule has 1 atom stereocenters. The molecule has 5 nitrogen and oxygen atoms in total. The fourth-order valence-corrected chi connectivity index (χ4v) is 4.97. The number of halogens is 1. The summed E-state index contributed by atoms with van der Waals surface area (Å²) in [4.78, 5) is 12.7. The molecule has 146 valence electrons. The Morgan fingerprint density at radius 1 is 1.11 bits per heavy atom.